The van der Waals surface area contributed by atoms with Crippen molar-refractivity contribution in [2.24, 2.45) is 0 Å². The van der Waals surface area contributed by atoms with Crippen LogP contribution in [0.1, 0.15) is 25.6 Å². The molecule has 0 aliphatic carbocycles. The average Bonchev–Trinajstić information content (AvgIpc) is 3.30. The van der Waals surface area contributed by atoms with Gasteiger partial charge in [-0.05, 0) is 35.7 Å². The molecule has 1 atom stereocenters. The van der Waals surface area contributed by atoms with E-state index in [0.717, 1.165) is 4.88 Å². The molecule has 0 spiro atoms. The minimum absolute atomic E-state index is 0.0750. The number of Topliss-reactive ketones (excluding diaryl/α,β-unsaturated/α-hetero) is 1. The topological polar surface area (TPSA) is 100 Å². The number of nitrogens with one attached hydrogen (secondary N) is 1. The molecule has 28 heavy (non-hydrogen) atoms. The van der Waals surface area contributed by atoms with Crippen molar-refractivity contribution < 1.29 is 29.5 Å². The molecule has 1 aromatic heterocycles. The summed E-state index contributed by atoms with van der Waals surface area (Å²) < 4.78 is 10.9. The van der Waals surface area contributed by atoms with Gasteiger partial charge in [-0.1, -0.05) is 6.07 Å². The van der Waals surface area contributed by atoms with Crippen molar-refractivity contribution in [3.63, 3.8) is 0 Å². The summed E-state index contributed by atoms with van der Waals surface area (Å²) in [4.78, 5) is 25.6. The Morgan fingerprint density at radius 3 is 2.64 bits per heavy atom. The SMILES string of the molecule is O=C(Oc1ccc2c(c1)OC(=Cc1cccs1)C2=O)c1ccc([NH+]([O-])O)cc1. The lowest BCUT2D eigenvalue weighted by atomic mass is 10.1. The number of allylic oxidation sites excluding steroid dienone is 1. The van der Waals surface area contributed by atoms with Crippen molar-refractivity contribution in [3.05, 3.63) is 86.9 Å². The Bertz CT molecular complexity index is 1070. The summed E-state index contributed by atoms with van der Waals surface area (Å²) in [5.41, 5.74) is 0.681. The van der Waals surface area contributed by atoms with Gasteiger partial charge in [0.15, 0.2) is 11.4 Å². The van der Waals surface area contributed by atoms with Gasteiger partial charge in [-0.2, -0.15) is 5.23 Å². The van der Waals surface area contributed by atoms with Crippen LogP contribution in [0.2, 0.25) is 0 Å². The number of ether oxygens (including phenoxy) is 2. The van der Waals surface area contributed by atoms with E-state index in [1.165, 1.54) is 47.7 Å². The predicted molar refractivity (Wildman–Crippen MR) is 101 cm³/mol. The molecule has 0 saturated heterocycles. The summed E-state index contributed by atoms with van der Waals surface area (Å²) in [5, 5.41) is 20.6. The third kappa shape index (κ3) is 3.57. The van der Waals surface area contributed by atoms with Crippen molar-refractivity contribution in [2.45, 2.75) is 0 Å². The van der Waals surface area contributed by atoms with Gasteiger partial charge in [-0.25, -0.2) is 10.0 Å². The van der Waals surface area contributed by atoms with Crippen LogP contribution >= 0.6 is 11.3 Å². The number of fused-ring (bicyclic) bond motifs is 1. The minimum atomic E-state index is -1.08. The molecule has 1 aliphatic heterocycles. The van der Waals surface area contributed by atoms with Gasteiger partial charge in [0.05, 0.1) is 11.1 Å². The number of rotatable bonds is 4. The fraction of sp³-hybridized carbons (Fsp3) is 0. The second-order valence-electron chi connectivity index (χ2n) is 5.89. The monoisotopic (exact) mass is 395 g/mol. The minimum Gasteiger partial charge on any atom is -0.595 e. The fourth-order valence-corrected chi connectivity index (χ4v) is 3.29. The number of ketones is 1. The first-order valence-corrected chi connectivity index (χ1v) is 9.06. The summed E-state index contributed by atoms with van der Waals surface area (Å²) in [6, 6.07) is 13.7. The molecule has 2 aromatic carbocycles. The third-order valence-electron chi connectivity index (χ3n) is 4.04. The number of benzene rings is 2. The summed E-state index contributed by atoms with van der Waals surface area (Å²) >= 11 is 1.49. The van der Waals surface area contributed by atoms with E-state index in [0.29, 0.717) is 11.3 Å². The van der Waals surface area contributed by atoms with Crippen LogP contribution in [0.15, 0.2) is 65.7 Å². The smallest absolute Gasteiger partial charge is 0.343 e. The van der Waals surface area contributed by atoms with E-state index in [1.54, 1.807) is 12.1 Å². The molecule has 0 amide bonds. The van der Waals surface area contributed by atoms with Crippen molar-refractivity contribution >= 4 is 34.9 Å². The van der Waals surface area contributed by atoms with E-state index in [1.807, 2.05) is 17.5 Å². The first kappa shape index (κ1) is 18.1. The van der Waals surface area contributed by atoms with E-state index in [4.69, 9.17) is 14.7 Å². The Labute approximate surface area is 163 Å². The van der Waals surface area contributed by atoms with Gasteiger partial charge in [-0.15, -0.1) is 11.3 Å². The van der Waals surface area contributed by atoms with Crippen LogP contribution in [0.5, 0.6) is 11.5 Å². The van der Waals surface area contributed by atoms with Crippen molar-refractivity contribution in [3.8, 4) is 11.5 Å². The van der Waals surface area contributed by atoms with E-state index >= 15 is 0 Å². The highest BCUT2D eigenvalue weighted by Gasteiger charge is 2.28. The molecule has 140 valence electrons. The molecule has 7 nitrogen and oxygen atoms in total. The number of esters is 1. The standard InChI is InChI=1S/C20H13NO6S/c22-19-16-8-7-14(10-17(16)27-18(19)11-15-2-1-9-28-15)26-20(23)12-3-5-13(6-4-12)21(24)25/h1-11,21,24H. The normalized spacial score (nSPS) is 15.2. The van der Waals surface area contributed by atoms with Gasteiger partial charge < -0.3 is 14.7 Å². The van der Waals surface area contributed by atoms with Crippen LogP contribution in [0, 0.1) is 5.21 Å². The number of quaternary nitrogens is 1. The molecule has 0 fully saturated rings. The van der Waals surface area contributed by atoms with Gasteiger partial charge in [0.1, 0.15) is 11.5 Å². The lowest BCUT2D eigenvalue weighted by Crippen LogP contribution is -2.99. The van der Waals surface area contributed by atoms with E-state index in [2.05, 4.69) is 0 Å². The molecule has 0 saturated carbocycles. The quantitative estimate of drug-likeness (QED) is 0.305. The molecule has 0 bridgehead atoms. The number of carbonyl (C=O) groups excluding carboxylic acids is 2. The lowest BCUT2D eigenvalue weighted by Gasteiger charge is -2.11. The Balaban J connectivity index is 1.51. The van der Waals surface area contributed by atoms with Gasteiger partial charge in [-0.3, -0.25) is 4.79 Å². The number of carbonyl (C=O) groups is 2. The van der Waals surface area contributed by atoms with Gasteiger partial charge >= 0.3 is 5.97 Å². The van der Waals surface area contributed by atoms with Crippen LogP contribution in [0.25, 0.3) is 6.08 Å². The van der Waals surface area contributed by atoms with Crippen LogP contribution in [-0.4, -0.2) is 17.0 Å². The molecule has 8 heteroatoms. The van der Waals surface area contributed by atoms with E-state index < -0.39 is 11.2 Å². The highest BCUT2D eigenvalue weighted by molar-refractivity contribution is 7.10. The third-order valence-corrected chi connectivity index (χ3v) is 4.86. The first-order chi connectivity index (χ1) is 13.5. The fourth-order valence-electron chi connectivity index (χ4n) is 2.65. The van der Waals surface area contributed by atoms with Crippen molar-refractivity contribution in [1.82, 2.24) is 0 Å². The zero-order valence-corrected chi connectivity index (χ0v) is 15.1. The molecule has 3 aromatic rings. The van der Waals surface area contributed by atoms with Gasteiger partial charge in [0.2, 0.25) is 5.78 Å². The maximum atomic E-state index is 12.4. The largest absolute Gasteiger partial charge is 0.595 e. The Hall–Kier alpha value is -3.30. The molecule has 1 aliphatic rings. The van der Waals surface area contributed by atoms with Crippen LogP contribution in [0.4, 0.5) is 5.69 Å². The molecular weight excluding hydrogens is 382 g/mol. The number of thiophene rings is 1. The summed E-state index contributed by atoms with van der Waals surface area (Å²) in [7, 11) is 0. The van der Waals surface area contributed by atoms with Crippen molar-refractivity contribution in [2.75, 3.05) is 0 Å². The second-order valence-corrected chi connectivity index (χ2v) is 6.86. The summed E-state index contributed by atoms with van der Waals surface area (Å²) in [6.45, 7) is 0. The summed E-state index contributed by atoms with van der Waals surface area (Å²) in [6.07, 6.45) is 1.67. The molecule has 2 N–H and O–H groups in total. The van der Waals surface area contributed by atoms with Crippen LogP contribution < -0.4 is 14.7 Å². The molecule has 4 rings (SSSR count). The molecule has 1 unspecified atom stereocenters. The van der Waals surface area contributed by atoms with Crippen molar-refractivity contribution in [1.29, 1.82) is 0 Å². The Morgan fingerprint density at radius 1 is 1.18 bits per heavy atom. The molecule has 0 radical (unpaired) electrons. The molecule has 2 heterocycles. The summed E-state index contributed by atoms with van der Waals surface area (Å²) in [5.74, 6) is -0.123. The molecular formula is C20H13NO6S. The maximum absolute atomic E-state index is 12.4. The predicted octanol–water partition coefficient (Wildman–Crippen LogP) is 2.99. The van der Waals surface area contributed by atoms with E-state index in [9.17, 15) is 14.8 Å². The number of hydrogen-bond acceptors (Lipinski definition) is 7. The van der Waals surface area contributed by atoms with Crippen LogP contribution in [0.3, 0.4) is 0 Å². The van der Waals surface area contributed by atoms with Crippen LogP contribution in [-0.2, 0) is 0 Å². The van der Waals surface area contributed by atoms with Gasteiger partial charge in [0, 0.05) is 29.2 Å². The number of hydrogen-bond donors (Lipinski definition) is 2. The highest BCUT2D eigenvalue weighted by Crippen LogP contribution is 2.35. The zero-order valence-electron chi connectivity index (χ0n) is 14.2. The first-order valence-electron chi connectivity index (χ1n) is 8.18. The van der Waals surface area contributed by atoms with E-state index in [-0.39, 0.29) is 28.5 Å². The van der Waals surface area contributed by atoms with Gasteiger partial charge in [0.25, 0.3) is 0 Å². The highest BCUT2D eigenvalue weighted by atomic mass is 32.1. The Morgan fingerprint density at radius 2 is 1.96 bits per heavy atom. The maximum Gasteiger partial charge on any atom is 0.343 e. The lowest BCUT2D eigenvalue weighted by molar-refractivity contribution is -0.991. The average molecular weight is 395 g/mol. The Kier molecular flexibility index (Phi) is 4.76. The zero-order chi connectivity index (χ0) is 19.7. The second kappa shape index (κ2) is 7.37.